The maximum Gasteiger partial charge on any atom is 0.299 e. The summed E-state index contributed by atoms with van der Waals surface area (Å²) in [5, 5.41) is 3.77. The van der Waals surface area contributed by atoms with E-state index in [2.05, 4.69) is 9.59 Å². The van der Waals surface area contributed by atoms with Gasteiger partial charge < -0.3 is 0 Å². The van der Waals surface area contributed by atoms with Gasteiger partial charge >= 0.3 is 0 Å². The molecule has 5 nitrogen and oxygen atoms in total. The molecule has 1 aromatic heterocycles. The zero-order valence-corrected chi connectivity index (χ0v) is 10.8. The first-order valence-electron chi connectivity index (χ1n) is 5.20. The van der Waals surface area contributed by atoms with E-state index >= 15 is 0 Å². The molecule has 0 saturated heterocycles. The number of ketones is 1. The Bertz CT molecular complexity index is 703. The number of aromatic nitrogens is 2. The van der Waals surface area contributed by atoms with E-state index in [1.165, 1.54) is 6.07 Å². The van der Waals surface area contributed by atoms with Crippen LogP contribution in [0.2, 0.25) is 4.34 Å². The first-order valence-corrected chi connectivity index (χ1v) is 6.35. The molecular formula is C11H5ClFN3O2S. The van der Waals surface area contributed by atoms with Gasteiger partial charge in [0.25, 0.3) is 11.7 Å². The molecule has 1 aromatic carbocycles. The van der Waals surface area contributed by atoms with Gasteiger partial charge in [0.2, 0.25) is 0 Å². The van der Waals surface area contributed by atoms with Crippen LogP contribution < -0.4 is 4.90 Å². The molecule has 1 aliphatic heterocycles. The lowest BCUT2D eigenvalue weighted by atomic mass is 10.1. The van der Waals surface area contributed by atoms with Gasteiger partial charge in [0.05, 0.1) is 17.8 Å². The summed E-state index contributed by atoms with van der Waals surface area (Å²) in [7, 11) is 0. The number of hydrogen-bond donors (Lipinski definition) is 0. The molecule has 1 aliphatic rings. The zero-order valence-electron chi connectivity index (χ0n) is 9.26. The maximum absolute atomic E-state index is 13.2. The highest BCUT2D eigenvalue weighted by Crippen LogP contribution is 2.32. The summed E-state index contributed by atoms with van der Waals surface area (Å²) >= 11 is 6.84. The van der Waals surface area contributed by atoms with Crippen LogP contribution in [0.15, 0.2) is 18.2 Å². The number of amides is 1. The fraction of sp³-hybridized carbons (Fsp3) is 0.0909. The molecule has 0 N–H and O–H groups in total. The van der Waals surface area contributed by atoms with Crippen molar-refractivity contribution in [3.05, 3.63) is 39.6 Å². The molecule has 19 heavy (non-hydrogen) atoms. The summed E-state index contributed by atoms with van der Waals surface area (Å²) in [5.41, 5.74) is 0.801. The molecule has 0 radical (unpaired) electrons. The van der Waals surface area contributed by atoms with Gasteiger partial charge in [0.15, 0.2) is 0 Å². The van der Waals surface area contributed by atoms with Crippen molar-refractivity contribution in [1.82, 2.24) is 9.59 Å². The fourth-order valence-electron chi connectivity index (χ4n) is 1.87. The van der Waals surface area contributed by atoms with Crippen LogP contribution in [-0.2, 0) is 11.3 Å². The predicted octanol–water partition coefficient (Wildman–Crippen LogP) is 2.06. The summed E-state index contributed by atoms with van der Waals surface area (Å²) in [6.45, 7) is -0.00361. The largest absolute Gasteiger partial charge is 0.299 e. The van der Waals surface area contributed by atoms with Crippen molar-refractivity contribution in [3.8, 4) is 0 Å². The van der Waals surface area contributed by atoms with Gasteiger partial charge in [-0.2, -0.15) is 0 Å². The Morgan fingerprint density at radius 3 is 2.84 bits per heavy atom. The lowest BCUT2D eigenvalue weighted by Gasteiger charge is -2.14. The topological polar surface area (TPSA) is 63.2 Å². The van der Waals surface area contributed by atoms with Crippen LogP contribution >= 0.6 is 23.1 Å². The average Bonchev–Trinajstić information content (AvgIpc) is 2.88. The Kier molecular flexibility index (Phi) is 2.79. The molecule has 0 unspecified atom stereocenters. The van der Waals surface area contributed by atoms with Crippen LogP contribution in [0.25, 0.3) is 0 Å². The number of nitrogens with zero attached hydrogens (tertiary/aromatic N) is 3. The molecular weight excluding hydrogens is 293 g/mol. The van der Waals surface area contributed by atoms with E-state index in [4.69, 9.17) is 11.6 Å². The smallest absolute Gasteiger partial charge is 0.298 e. The Morgan fingerprint density at radius 1 is 1.37 bits per heavy atom. The molecule has 0 spiro atoms. The van der Waals surface area contributed by atoms with Gasteiger partial charge in [-0.25, -0.2) is 4.39 Å². The number of Topliss-reactive ketones (excluding diaryl/α,β-unsaturated/α-hetero) is 1. The quantitative estimate of drug-likeness (QED) is 0.796. The number of carbonyl (C=O) groups excluding carboxylic acids is 2. The van der Waals surface area contributed by atoms with E-state index < -0.39 is 17.5 Å². The standard InChI is InChI=1S/C11H5ClFN3O2S/c12-10-7(14-15-19-10)4-16-8-3-5(13)1-2-6(8)9(17)11(16)18/h1-3H,4H2. The van der Waals surface area contributed by atoms with Gasteiger partial charge in [0, 0.05) is 11.5 Å². The van der Waals surface area contributed by atoms with Crippen LogP contribution in [-0.4, -0.2) is 21.3 Å². The Labute approximate surface area is 115 Å². The van der Waals surface area contributed by atoms with Crippen LogP contribution in [0.4, 0.5) is 10.1 Å². The molecule has 8 heteroatoms. The SMILES string of the molecule is O=C1C(=O)N(Cc2nnsc2Cl)c2cc(F)ccc21. The van der Waals surface area contributed by atoms with Crippen molar-refractivity contribution in [1.29, 1.82) is 0 Å². The van der Waals surface area contributed by atoms with Crippen LogP contribution in [0.1, 0.15) is 16.1 Å². The third kappa shape index (κ3) is 1.91. The van der Waals surface area contributed by atoms with Gasteiger partial charge in [0.1, 0.15) is 15.8 Å². The number of rotatable bonds is 2. The minimum atomic E-state index is -0.718. The third-order valence-electron chi connectivity index (χ3n) is 2.75. The normalized spacial score (nSPS) is 14.1. The van der Waals surface area contributed by atoms with E-state index in [0.717, 1.165) is 28.6 Å². The summed E-state index contributed by atoms with van der Waals surface area (Å²) in [6, 6.07) is 3.59. The van der Waals surface area contributed by atoms with Crippen molar-refractivity contribution in [2.24, 2.45) is 0 Å². The molecule has 0 bridgehead atoms. The molecule has 0 saturated carbocycles. The Balaban J connectivity index is 2.04. The summed E-state index contributed by atoms with van der Waals surface area (Å²) in [6.07, 6.45) is 0. The predicted molar refractivity (Wildman–Crippen MR) is 66.8 cm³/mol. The average molecular weight is 298 g/mol. The summed E-state index contributed by atoms with van der Waals surface area (Å²) in [5.74, 6) is -1.90. The van der Waals surface area contributed by atoms with Crippen molar-refractivity contribution in [2.75, 3.05) is 4.90 Å². The Hall–Kier alpha value is -1.86. The van der Waals surface area contributed by atoms with Crippen molar-refractivity contribution in [3.63, 3.8) is 0 Å². The molecule has 1 amide bonds. The maximum atomic E-state index is 13.2. The monoisotopic (exact) mass is 297 g/mol. The second-order valence-electron chi connectivity index (χ2n) is 3.88. The number of benzene rings is 1. The second kappa shape index (κ2) is 4.36. The highest BCUT2D eigenvalue weighted by atomic mass is 35.5. The molecule has 2 heterocycles. The molecule has 0 fully saturated rings. The second-order valence-corrected chi connectivity index (χ2v) is 5.23. The van der Waals surface area contributed by atoms with E-state index in [0.29, 0.717) is 10.0 Å². The molecule has 96 valence electrons. The van der Waals surface area contributed by atoms with Crippen molar-refractivity contribution < 1.29 is 14.0 Å². The van der Waals surface area contributed by atoms with Crippen LogP contribution in [0.3, 0.4) is 0 Å². The first-order chi connectivity index (χ1) is 9.08. The minimum absolute atomic E-state index is 0.00361. The number of anilines is 1. The number of hydrogen-bond acceptors (Lipinski definition) is 5. The minimum Gasteiger partial charge on any atom is -0.298 e. The highest BCUT2D eigenvalue weighted by Gasteiger charge is 2.36. The zero-order chi connectivity index (χ0) is 13.6. The molecule has 0 atom stereocenters. The van der Waals surface area contributed by atoms with Gasteiger partial charge in [-0.15, -0.1) is 5.10 Å². The van der Waals surface area contributed by atoms with E-state index in [-0.39, 0.29) is 17.8 Å². The number of fused-ring (bicyclic) bond motifs is 1. The van der Waals surface area contributed by atoms with Crippen molar-refractivity contribution >= 4 is 40.5 Å². The van der Waals surface area contributed by atoms with Crippen LogP contribution in [0.5, 0.6) is 0 Å². The lowest BCUT2D eigenvalue weighted by Crippen LogP contribution is -2.29. The number of carbonyl (C=O) groups is 2. The lowest BCUT2D eigenvalue weighted by molar-refractivity contribution is -0.114. The van der Waals surface area contributed by atoms with Crippen LogP contribution in [0, 0.1) is 5.82 Å². The van der Waals surface area contributed by atoms with E-state index in [1.54, 1.807) is 0 Å². The van der Waals surface area contributed by atoms with Gasteiger partial charge in [-0.05, 0) is 18.2 Å². The van der Waals surface area contributed by atoms with Gasteiger partial charge in [-0.3, -0.25) is 14.5 Å². The van der Waals surface area contributed by atoms with Crippen molar-refractivity contribution in [2.45, 2.75) is 6.54 Å². The van der Waals surface area contributed by atoms with E-state index in [1.807, 2.05) is 0 Å². The summed E-state index contributed by atoms with van der Waals surface area (Å²) in [4.78, 5) is 24.8. The number of halogens is 2. The first kappa shape index (κ1) is 12.2. The molecule has 3 rings (SSSR count). The molecule has 2 aromatic rings. The Morgan fingerprint density at radius 2 is 2.16 bits per heavy atom. The van der Waals surface area contributed by atoms with Gasteiger partial charge in [-0.1, -0.05) is 16.1 Å². The van der Waals surface area contributed by atoms with E-state index in [9.17, 15) is 14.0 Å². The fourth-order valence-corrected chi connectivity index (χ4v) is 2.48. The third-order valence-corrected chi connectivity index (χ3v) is 3.74. The highest BCUT2D eigenvalue weighted by molar-refractivity contribution is 7.10. The summed E-state index contributed by atoms with van der Waals surface area (Å²) < 4.78 is 17.2. The molecule has 0 aliphatic carbocycles.